The molecular formula is C20H41IN6O. The molecule has 0 saturated carbocycles. The van der Waals surface area contributed by atoms with E-state index < -0.39 is 0 Å². The third-order valence-corrected chi connectivity index (χ3v) is 4.71. The Morgan fingerprint density at radius 2 is 1.89 bits per heavy atom. The van der Waals surface area contributed by atoms with Crippen LogP contribution in [-0.4, -0.2) is 47.0 Å². The maximum atomic E-state index is 5.41. The summed E-state index contributed by atoms with van der Waals surface area (Å²) < 4.78 is 7.39. The average Bonchev–Trinajstić information content (AvgIpc) is 2.95. The molecule has 1 heterocycles. The average molecular weight is 508 g/mol. The van der Waals surface area contributed by atoms with Gasteiger partial charge in [0.15, 0.2) is 11.8 Å². The Kier molecular flexibility index (Phi) is 14.5. The predicted molar refractivity (Wildman–Crippen MR) is 127 cm³/mol. The fourth-order valence-corrected chi connectivity index (χ4v) is 2.70. The molecule has 0 aromatic carbocycles. The Hall–Kier alpha value is -0.900. The third kappa shape index (κ3) is 11.2. The van der Waals surface area contributed by atoms with E-state index in [4.69, 9.17) is 9.73 Å². The normalized spacial score (nSPS) is 12.0. The van der Waals surface area contributed by atoms with Crippen LogP contribution in [0.2, 0.25) is 0 Å². The summed E-state index contributed by atoms with van der Waals surface area (Å²) in [5, 5.41) is 15.2. The molecule has 28 heavy (non-hydrogen) atoms. The van der Waals surface area contributed by atoms with Crippen LogP contribution in [0.5, 0.6) is 0 Å². The number of aryl methyl sites for hydroxylation is 1. The first kappa shape index (κ1) is 27.1. The largest absolute Gasteiger partial charge is 0.382 e. The summed E-state index contributed by atoms with van der Waals surface area (Å²) in [6.07, 6.45) is 6.00. The molecule has 0 atom stereocenters. The van der Waals surface area contributed by atoms with Gasteiger partial charge in [-0.1, -0.05) is 40.0 Å². The van der Waals surface area contributed by atoms with Crippen molar-refractivity contribution in [2.45, 2.75) is 73.3 Å². The second-order valence-electron chi connectivity index (χ2n) is 7.84. The fraction of sp³-hybridized carbons (Fsp3) is 0.850. The van der Waals surface area contributed by atoms with Gasteiger partial charge in [-0.15, -0.1) is 34.2 Å². The van der Waals surface area contributed by atoms with Gasteiger partial charge in [-0.05, 0) is 32.1 Å². The van der Waals surface area contributed by atoms with Crippen molar-refractivity contribution in [3.63, 3.8) is 0 Å². The van der Waals surface area contributed by atoms with E-state index in [-0.39, 0.29) is 29.4 Å². The summed E-state index contributed by atoms with van der Waals surface area (Å²) >= 11 is 0. The van der Waals surface area contributed by atoms with Crippen LogP contribution < -0.4 is 10.6 Å². The number of hydrogen-bond donors (Lipinski definition) is 2. The van der Waals surface area contributed by atoms with E-state index in [1.165, 1.54) is 25.7 Å². The van der Waals surface area contributed by atoms with Gasteiger partial charge in [0.2, 0.25) is 0 Å². The number of hydrogen-bond acceptors (Lipinski definition) is 4. The van der Waals surface area contributed by atoms with Crippen LogP contribution in [0.25, 0.3) is 0 Å². The second kappa shape index (κ2) is 15.0. The summed E-state index contributed by atoms with van der Waals surface area (Å²) in [6, 6.07) is 0. The molecule has 0 aliphatic heterocycles. The van der Waals surface area contributed by atoms with Crippen LogP contribution in [0.3, 0.4) is 0 Å². The van der Waals surface area contributed by atoms with Crippen LogP contribution in [0.1, 0.15) is 71.4 Å². The molecule has 164 valence electrons. The Bertz CT molecular complexity index is 559. The molecule has 0 aliphatic carbocycles. The molecule has 1 aromatic rings. The van der Waals surface area contributed by atoms with Crippen molar-refractivity contribution in [3.05, 3.63) is 11.6 Å². The summed E-state index contributed by atoms with van der Waals surface area (Å²) in [5.41, 5.74) is 0.240. The van der Waals surface area contributed by atoms with E-state index in [0.717, 1.165) is 50.3 Å². The third-order valence-electron chi connectivity index (χ3n) is 4.71. The number of guanidine groups is 1. The van der Waals surface area contributed by atoms with E-state index in [0.29, 0.717) is 6.54 Å². The van der Waals surface area contributed by atoms with E-state index in [9.17, 15) is 0 Å². The number of unbranched alkanes of at least 4 members (excludes halogenated alkanes) is 2. The number of aliphatic imine (C=N–C) groups is 1. The minimum atomic E-state index is 0. The summed E-state index contributed by atoms with van der Waals surface area (Å²) in [4.78, 5) is 4.72. The minimum absolute atomic E-state index is 0. The Morgan fingerprint density at radius 1 is 1.14 bits per heavy atom. The van der Waals surface area contributed by atoms with Gasteiger partial charge < -0.3 is 19.9 Å². The van der Waals surface area contributed by atoms with E-state index in [1.807, 2.05) is 25.5 Å². The van der Waals surface area contributed by atoms with Gasteiger partial charge in [0, 0.05) is 33.4 Å². The molecule has 0 amide bonds. The molecule has 0 unspecified atom stereocenters. The van der Waals surface area contributed by atoms with Crippen LogP contribution in [-0.2, 0) is 18.3 Å². The van der Waals surface area contributed by atoms with E-state index in [1.54, 1.807) is 0 Å². The zero-order valence-electron chi connectivity index (χ0n) is 18.7. The number of ether oxygens (including phenoxy) is 1. The van der Waals surface area contributed by atoms with Gasteiger partial charge in [0.05, 0.1) is 0 Å². The highest BCUT2D eigenvalue weighted by atomic mass is 127. The first-order chi connectivity index (χ1) is 12.9. The van der Waals surface area contributed by atoms with Gasteiger partial charge in [-0.3, -0.25) is 0 Å². The SMILES string of the molecule is CCCCCC(C)(C)CNC(=NCc1nnc(C)n1C)NCCCOCC.I. The molecule has 7 nitrogen and oxygen atoms in total. The zero-order valence-corrected chi connectivity index (χ0v) is 21.0. The molecule has 0 radical (unpaired) electrons. The van der Waals surface area contributed by atoms with Gasteiger partial charge in [-0.2, -0.15) is 0 Å². The highest BCUT2D eigenvalue weighted by molar-refractivity contribution is 14.0. The monoisotopic (exact) mass is 508 g/mol. The van der Waals surface area contributed by atoms with Crippen LogP contribution in [0, 0.1) is 12.3 Å². The Labute approximate surface area is 188 Å². The van der Waals surface area contributed by atoms with Crippen molar-refractivity contribution >= 4 is 29.9 Å². The number of halogens is 1. The summed E-state index contributed by atoms with van der Waals surface area (Å²) in [7, 11) is 1.97. The van der Waals surface area contributed by atoms with Crippen molar-refractivity contribution in [2.24, 2.45) is 17.5 Å². The van der Waals surface area contributed by atoms with Crippen molar-refractivity contribution in [1.29, 1.82) is 0 Å². The van der Waals surface area contributed by atoms with Gasteiger partial charge in [-0.25, -0.2) is 4.99 Å². The smallest absolute Gasteiger partial charge is 0.191 e. The maximum Gasteiger partial charge on any atom is 0.191 e. The lowest BCUT2D eigenvalue weighted by Crippen LogP contribution is -2.42. The Balaban J connectivity index is 0.00000729. The minimum Gasteiger partial charge on any atom is -0.382 e. The van der Waals surface area contributed by atoms with Crippen LogP contribution >= 0.6 is 24.0 Å². The number of nitrogens with zero attached hydrogens (tertiary/aromatic N) is 4. The number of aromatic nitrogens is 3. The fourth-order valence-electron chi connectivity index (χ4n) is 2.70. The first-order valence-electron chi connectivity index (χ1n) is 10.3. The maximum absolute atomic E-state index is 5.41. The van der Waals surface area contributed by atoms with Crippen LogP contribution in [0.15, 0.2) is 4.99 Å². The predicted octanol–water partition coefficient (Wildman–Crippen LogP) is 3.81. The Morgan fingerprint density at radius 3 is 2.50 bits per heavy atom. The molecule has 2 N–H and O–H groups in total. The van der Waals surface area contributed by atoms with E-state index in [2.05, 4.69) is 41.6 Å². The van der Waals surface area contributed by atoms with Gasteiger partial charge >= 0.3 is 0 Å². The van der Waals surface area contributed by atoms with Crippen molar-refractivity contribution < 1.29 is 4.74 Å². The van der Waals surface area contributed by atoms with Crippen LogP contribution in [0.4, 0.5) is 0 Å². The molecule has 0 spiro atoms. The summed E-state index contributed by atoms with van der Waals surface area (Å²) in [6.45, 7) is 14.6. The van der Waals surface area contributed by atoms with Crippen molar-refractivity contribution in [3.8, 4) is 0 Å². The van der Waals surface area contributed by atoms with Gasteiger partial charge in [0.25, 0.3) is 0 Å². The molecule has 0 saturated heterocycles. The van der Waals surface area contributed by atoms with Gasteiger partial charge in [0.1, 0.15) is 12.4 Å². The zero-order chi connectivity index (χ0) is 20.1. The quantitative estimate of drug-likeness (QED) is 0.184. The first-order valence-corrected chi connectivity index (χ1v) is 10.3. The molecule has 1 rings (SSSR count). The topological polar surface area (TPSA) is 76.4 Å². The second-order valence-corrected chi connectivity index (χ2v) is 7.84. The lowest BCUT2D eigenvalue weighted by Gasteiger charge is -2.26. The standard InChI is InChI=1S/C20H40N6O.HI/c1-7-9-10-12-20(4,5)16-23-19(21-13-11-14-27-8-2)22-15-18-25-24-17(3)26(18)6;/h7-16H2,1-6H3,(H2,21,22,23);1H. The molecule has 0 aliphatic rings. The number of rotatable bonds is 13. The number of nitrogens with one attached hydrogen (secondary N) is 2. The molecule has 8 heteroatoms. The van der Waals surface area contributed by atoms with Crippen molar-refractivity contribution in [1.82, 2.24) is 25.4 Å². The molecular weight excluding hydrogens is 467 g/mol. The van der Waals surface area contributed by atoms with E-state index >= 15 is 0 Å². The molecule has 0 fully saturated rings. The lowest BCUT2D eigenvalue weighted by atomic mass is 9.87. The molecule has 0 bridgehead atoms. The highest BCUT2D eigenvalue weighted by Crippen LogP contribution is 2.22. The lowest BCUT2D eigenvalue weighted by molar-refractivity contribution is 0.145. The summed E-state index contributed by atoms with van der Waals surface area (Å²) in [5.74, 6) is 2.59. The van der Waals surface area contributed by atoms with Crippen molar-refractivity contribution in [2.75, 3.05) is 26.3 Å². The molecule has 1 aromatic heterocycles. The highest BCUT2D eigenvalue weighted by Gasteiger charge is 2.18.